The van der Waals surface area contributed by atoms with Crippen LogP contribution in [0.5, 0.6) is 0 Å². The monoisotopic (exact) mass is 313 g/mol. The van der Waals surface area contributed by atoms with E-state index in [0.717, 1.165) is 37.0 Å². The standard InChI is InChI=1S/C17H28ClNO2/c1-11-17(4)14(10-16(2,3)19(11)17)15(20)21-8-6-13-9-12(13)5-7-18/h11-14H,5-10H2,1-4H3/t11-,12?,13?,14?,17?,19?/m1/s1. The van der Waals surface area contributed by atoms with E-state index in [2.05, 4.69) is 32.6 Å². The maximum absolute atomic E-state index is 12.5. The number of rotatable bonds is 6. The first-order valence-electron chi connectivity index (χ1n) is 8.34. The summed E-state index contributed by atoms with van der Waals surface area (Å²) in [4.78, 5) is 14.9. The Labute approximate surface area is 133 Å². The molecule has 2 heterocycles. The molecule has 0 amide bonds. The first-order chi connectivity index (χ1) is 9.82. The minimum Gasteiger partial charge on any atom is -0.465 e. The van der Waals surface area contributed by atoms with Crippen molar-refractivity contribution in [1.29, 1.82) is 0 Å². The lowest BCUT2D eigenvalue weighted by atomic mass is 9.84. The van der Waals surface area contributed by atoms with Crippen LogP contribution in [0.3, 0.4) is 0 Å². The minimum atomic E-state index is 0.0203. The second-order valence-corrected chi connectivity index (χ2v) is 8.41. The van der Waals surface area contributed by atoms with Crippen molar-refractivity contribution >= 4 is 17.6 Å². The first kappa shape index (κ1) is 15.6. The fourth-order valence-electron chi connectivity index (χ4n) is 4.91. The lowest BCUT2D eigenvalue weighted by Gasteiger charge is -2.24. The highest BCUT2D eigenvalue weighted by atomic mass is 35.5. The lowest BCUT2D eigenvalue weighted by Crippen LogP contribution is -2.33. The van der Waals surface area contributed by atoms with Gasteiger partial charge in [-0.2, -0.15) is 0 Å². The number of nitrogens with zero attached hydrogens (tertiary/aromatic N) is 1. The second kappa shape index (κ2) is 5.13. The summed E-state index contributed by atoms with van der Waals surface area (Å²) in [5, 5.41) is 0. The van der Waals surface area contributed by atoms with Crippen LogP contribution in [-0.4, -0.2) is 40.5 Å². The third kappa shape index (κ3) is 2.50. The number of piperidine rings is 1. The van der Waals surface area contributed by atoms with Crippen LogP contribution in [0.4, 0.5) is 0 Å². The van der Waals surface area contributed by atoms with Crippen LogP contribution in [-0.2, 0) is 9.53 Å². The number of hydrogen-bond donors (Lipinski definition) is 0. The van der Waals surface area contributed by atoms with E-state index in [-0.39, 0.29) is 23.0 Å². The molecule has 1 aliphatic carbocycles. The number of fused-ring (bicyclic) bond motifs is 1. The zero-order valence-corrected chi connectivity index (χ0v) is 14.4. The van der Waals surface area contributed by atoms with Crippen molar-refractivity contribution < 1.29 is 9.53 Å². The molecule has 4 heteroatoms. The summed E-state index contributed by atoms with van der Waals surface area (Å²) in [6, 6.07) is 0.496. The van der Waals surface area contributed by atoms with E-state index in [0.29, 0.717) is 12.6 Å². The quantitative estimate of drug-likeness (QED) is 0.427. The summed E-state index contributed by atoms with van der Waals surface area (Å²) in [5.74, 6) is 2.34. The van der Waals surface area contributed by atoms with Gasteiger partial charge in [0.2, 0.25) is 0 Å². The highest BCUT2D eigenvalue weighted by Gasteiger charge is 2.72. The van der Waals surface area contributed by atoms with Crippen LogP contribution < -0.4 is 0 Å². The molecule has 2 aliphatic heterocycles. The van der Waals surface area contributed by atoms with Crippen LogP contribution >= 0.6 is 11.6 Å². The normalized spacial score (nSPS) is 46.0. The van der Waals surface area contributed by atoms with Gasteiger partial charge in [0.1, 0.15) is 0 Å². The van der Waals surface area contributed by atoms with Gasteiger partial charge in [-0.05, 0) is 65.2 Å². The van der Waals surface area contributed by atoms with Gasteiger partial charge in [0.25, 0.3) is 0 Å². The second-order valence-electron chi connectivity index (χ2n) is 8.03. The molecule has 5 unspecified atom stereocenters. The summed E-state index contributed by atoms with van der Waals surface area (Å²) < 4.78 is 5.61. The Morgan fingerprint density at radius 1 is 1.29 bits per heavy atom. The number of ether oxygens (including phenoxy) is 1. The van der Waals surface area contributed by atoms with Gasteiger partial charge >= 0.3 is 5.97 Å². The molecule has 0 aromatic rings. The van der Waals surface area contributed by atoms with Gasteiger partial charge in [-0.1, -0.05) is 0 Å². The number of halogens is 1. The lowest BCUT2D eigenvalue weighted by molar-refractivity contribution is -0.149. The zero-order chi connectivity index (χ0) is 15.4. The molecule has 120 valence electrons. The molecule has 1 saturated carbocycles. The van der Waals surface area contributed by atoms with Crippen molar-refractivity contribution in [2.75, 3.05) is 12.5 Å². The van der Waals surface area contributed by atoms with Crippen molar-refractivity contribution in [3.05, 3.63) is 0 Å². The van der Waals surface area contributed by atoms with Crippen LogP contribution in [0.1, 0.15) is 53.4 Å². The highest BCUT2D eigenvalue weighted by Crippen LogP contribution is 2.60. The van der Waals surface area contributed by atoms with Crippen molar-refractivity contribution in [3.8, 4) is 0 Å². The van der Waals surface area contributed by atoms with Crippen LogP contribution in [0.2, 0.25) is 0 Å². The van der Waals surface area contributed by atoms with E-state index in [1.54, 1.807) is 0 Å². The van der Waals surface area contributed by atoms with Crippen LogP contribution in [0.25, 0.3) is 0 Å². The maximum Gasteiger partial charge on any atom is 0.310 e. The first-order valence-corrected chi connectivity index (χ1v) is 8.88. The number of carbonyl (C=O) groups excluding carboxylic acids is 1. The largest absolute Gasteiger partial charge is 0.465 e. The maximum atomic E-state index is 12.5. The number of esters is 1. The van der Waals surface area contributed by atoms with Gasteiger partial charge in [0.05, 0.1) is 12.5 Å². The molecule has 3 nitrogen and oxygen atoms in total. The van der Waals surface area contributed by atoms with Gasteiger partial charge in [-0.25, -0.2) is 0 Å². The van der Waals surface area contributed by atoms with E-state index in [4.69, 9.17) is 16.3 Å². The number of alkyl halides is 1. The summed E-state index contributed by atoms with van der Waals surface area (Å²) in [6.07, 6.45) is 4.31. The number of carbonyl (C=O) groups is 1. The predicted molar refractivity (Wildman–Crippen MR) is 84.4 cm³/mol. The Kier molecular flexibility index (Phi) is 3.81. The molecule has 3 fully saturated rings. The van der Waals surface area contributed by atoms with Gasteiger partial charge in [0.15, 0.2) is 0 Å². The Morgan fingerprint density at radius 3 is 2.52 bits per heavy atom. The summed E-state index contributed by atoms with van der Waals surface area (Å²) in [6.45, 7) is 9.51. The fourth-order valence-corrected chi connectivity index (χ4v) is 5.19. The van der Waals surface area contributed by atoms with Crippen molar-refractivity contribution in [2.24, 2.45) is 17.8 Å². The summed E-state index contributed by atoms with van der Waals surface area (Å²) in [7, 11) is 0. The number of hydrogen-bond acceptors (Lipinski definition) is 3. The Bertz CT molecular complexity index is 439. The van der Waals surface area contributed by atoms with Crippen LogP contribution in [0, 0.1) is 17.8 Å². The van der Waals surface area contributed by atoms with Gasteiger partial charge in [0, 0.05) is 23.0 Å². The molecule has 0 N–H and O–H groups in total. The van der Waals surface area contributed by atoms with E-state index in [1.807, 2.05) is 0 Å². The molecule has 0 aromatic carbocycles. The van der Waals surface area contributed by atoms with Crippen molar-refractivity contribution in [3.63, 3.8) is 0 Å². The van der Waals surface area contributed by atoms with E-state index < -0.39 is 0 Å². The summed E-state index contributed by atoms with van der Waals surface area (Å²) in [5.41, 5.74) is 0.154. The SMILES string of the molecule is C[C@H]1N2C(C)(C)CC(C(=O)OCCC3CC3CCCl)C12C. The topological polar surface area (TPSA) is 29.3 Å². The zero-order valence-electron chi connectivity index (χ0n) is 13.7. The Morgan fingerprint density at radius 2 is 1.95 bits per heavy atom. The van der Waals surface area contributed by atoms with Crippen LogP contribution in [0.15, 0.2) is 0 Å². The molecule has 0 bridgehead atoms. The molecule has 0 radical (unpaired) electrons. The summed E-state index contributed by atoms with van der Waals surface area (Å²) >= 11 is 5.76. The third-order valence-electron chi connectivity index (χ3n) is 6.31. The molecular formula is C17H28ClNO2. The van der Waals surface area contributed by atoms with E-state index in [9.17, 15) is 4.79 Å². The smallest absolute Gasteiger partial charge is 0.310 e. The Hall–Kier alpha value is -0.280. The van der Waals surface area contributed by atoms with Crippen molar-refractivity contribution in [2.45, 2.75) is 70.5 Å². The molecule has 0 aromatic heterocycles. The van der Waals surface area contributed by atoms with Gasteiger partial charge < -0.3 is 4.74 Å². The molecule has 3 rings (SSSR count). The van der Waals surface area contributed by atoms with E-state index >= 15 is 0 Å². The molecule has 6 atom stereocenters. The van der Waals surface area contributed by atoms with E-state index in [1.165, 1.54) is 6.42 Å². The molecule has 21 heavy (non-hydrogen) atoms. The van der Waals surface area contributed by atoms with Gasteiger partial charge in [-0.15, -0.1) is 11.6 Å². The third-order valence-corrected chi connectivity index (χ3v) is 6.53. The average molecular weight is 314 g/mol. The van der Waals surface area contributed by atoms with Crippen molar-refractivity contribution in [1.82, 2.24) is 4.90 Å². The molecule has 3 aliphatic rings. The van der Waals surface area contributed by atoms with Gasteiger partial charge in [-0.3, -0.25) is 9.69 Å². The minimum absolute atomic E-state index is 0.0203. The molecule has 2 saturated heterocycles. The fraction of sp³-hybridized carbons (Fsp3) is 0.941. The molecule has 0 spiro atoms. The molecular weight excluding hydrogens is 286 g/mol. The average Bonchev–Trinajstić information content (AvgIpc) is 3.23. The highest BCUT2D eigenvalue weighted by molar-refractivity contribution is 6.17. The predicted octanol–water partition coefficient (Wildman–Crippen LogP) is 3.45. The Balaban J connectivity index is 1.46.